The average Bonchev–Trinajstić information content (AvgIpc) is 3.04. The lowest BCUT2D eigenvalue weighted by atomic mass is 10.1. The summed E-state index contributed by atoms with van der Waals surface area (Å²) in [5.74, 6) is -1.56. The van der Waals surface area contributed by atoms with Gasteiger partial charge in [0.05, 0.1) is 17.7 Å². The van der Waals surface area contributed by atoms with Crippen LogP contribution in [0.1, 0.15) is 11.1 Å². The van der Waals surface area contributed by atoms with E-state index < -0.39 is 35.9 Å². The Morgan fingerprint density at radius 3 is 2.64 bits per heavy atom. The molecule has 0 saturated carbocycles. The minimum absolute atomic E-state index is 0.0773. The number of H-pyrrole nitrogens is 1. The van der Waals surface area contributed by atoms with Crippen molar-refractivity contribution in [1.82, 2.24) is 4.98 Å². The van der Waals surface area contributed by atoms with Gasteiger partial charge >= 0.3 is 12.1 Å². The van der Waals surface area contributed by atoms with Gasteiger partial charge in [-0.25, -0.2) is 0 Å². The second kappa shape index (κ2) is 7.93. The summed E-state index contributed by atoms with van der Waals surface area (Å²) in [6.45, 7) is -0.707. The molecular weight excluding hydrogens is 397 g/mol. The zero-order valence-electron chi connectivity index (χ0n) is 14.3. The number of nitrogens with one attached hydrogen (secondary N) is 2. The number of ether oxygens (including phenoxy) is 1. The number of carbonyl (C=O) groups excluding carboxylic acids is 2. The third-order valence-corrected chi connectivity index (χ3v) is 4.17. The number of para-hydroxylation sites is 1. The van der Waals surface area contributed by atoms with Crippen molar-refractivity contribution in [2.24, 2.45) is 0 Å². The van der Waals surface area contributed by atoms with Crippen LogP contribution in [0.15, 0.2) is 48.7 Å². The summed E-state index contributed by atoms with van der Waals surface area (Å²) in [5.41, 5.74) is -0.00317. The van der Waals surface area contributed by atoms with E-state index in [0.29, 0.717) is 11.6 Å². The largest absolute Gasteiger partial charge is 0.455 e. The van der Waals surface area contributed by atoms with Gasteiger partial charge in [0.1, 0.15) is 0 Å². The molecule has 28 heavy (non-hydrogen) atoms. The van der Waals surface area contributed by atoms with Crippen molar-refractivity contribution in [1.29, 1.82) is 0 Å². The standard InChI is InChI=1S/C19H14ClF3N2O3/c20-12-5-6-16(14(8-12)19(21,22)23)25-17(26)10-28-18(27)7-11-9-24-15-4-2-1-3-13(11)15/h1-6,8-9,24H,7,10H2,(H,25,26). The van der Waals surface area contributed by atoms with Crippen LogP contribution in [-0.4, -0.2) is 23.5 Å². The van der Waals surface area contributed by atoms with Crippen molar-refractivity contribution in [2.45, 2.75) is 12.6 Å². The Hall–Kier alpha value is -3.00. The molecule has 0 aliphatic carbocycles. The summed E-state index contributed by atoms with van der Waals surface area (Å²) in [6.07, 6.45) is -3.11. The van der Waals surface area contributed by atoms with E-state index in [1.54, 1.807) is 6.20 Å². The number of carbonyl (C=O) groups is 2. The van der Waals surface area contributed by atoms with E-state index in [9.17, 15) is 22.8 Å². The highest BCUT2D eigenvalue weighted by Gasteiger charge is 2.34. The first-order valence-corrected chi connectivity index (χ1v) is 8.49. The van der Waals surface area contributed by atoms with Crippen molar-refractivity contribution < 1.29 is 27.5 Å². The number of anilines is 1. The van der Waals surface area contributed by atoms with Crippen LogP contribution in [0, 0.1) is 0 Å². The van der Waals surface area contributed by atoms with Gasteiger partial charge in [-0.15, -0.1) is 0 Å². The number of halogens is 4. The lowest BCUT2D eigenvalue weighted by Crippen LogP contribution is -2.23. The normalized spacial score (nSPS) is 11.4. The Labute approximate surface area is 162 Å². The molecular formula is C19H14ClF3N2O3. The highest BCUT2D eigenvalue weighted by molar-refractivity contribution is 6.30. The molecule has 1 amide bonds. The van der Waals surface area contributed by atoms with Gasteiger partial charge in [0.15, 0.2) is 6.61 Å². The van der Waals surface area contributed by atoms with E-state index >= 15 is 0 Å². The summed E-state index contributed by atoms with van der Waals surface area (Å²) in [7, 11) is 0. The molecule has 1 heterocycles. The minimum atomic E-state index is -4.69. The van der Waals surface area contributed by atoms with Gasteiger partial charge in [-0.05, 0) is 29.8 Å². The molecule has 0 fully saturated rings. The molecule has 0 atom stereocenters. The first-order valence-electron chi connectivity index (χ1n) is 8.11. The molecule has 0 radical (unpaired) electrons. The number of hydrogen-bond acceptors (Lipinski definition) is 3. The Balaban J connectivity index is 1.59. The van der Waals surface area contributed by atoms with Gasteiger partial charge in [0.2, 0.25) is 0 Å². The molecule has 0 unspecified atom stereocenters. The first-order chi connectivity index (χ1) is 13.2. The summed E-state index contributed by atoms with van der Waals surface area (Å²) >= 11 is 5.59. The van der Waals surface area contributed by atoms with E-state index in [1.165, 1.54) is 6.07 Å². The topological polar surface area (TPSA) is 71.2 Å². The summed E-state index contributed by atoms with van der Waals surface area (Å²) < 4.78 is 44.0. The second-order valence-corrected chi connectivity index (χ2v) is 6.37. The predicted molar refractivity (Wildman–Crippen MR) is 98.0 cm³/mol. The number of aromatic nitrogens is 1. The monoisotopic (exact) mass is 410 g/mol. The molecule has 3 aromatic rings. The SMILES string of the molecule is O=C(COC(=O)Cc1c[nH]c2ccccc12)Nc1ccc(Cl)cc1C(F)(F)F. The molecule has 1 aromatic heterocycles. The summed E-state index contributed by atoms with van der Waals surface area (Å²) in [6, 6.07) is 10.3. The number of benzene rings is 2. The Kier molecular flexibility index (Phi) is 5.60. The Bertz CT molecular complexity index is 1030. The molecule has 0 aliphatic heterocycles. The number of fused-ring (bicyclic) bond motifs is 1. The number of rotatable bonds is 5. The molecule has 146 valence electrons. The number of alkyl halides is 3. The van der Waals surface area contributed by atoms with E-state index in [0.717, 1.165) is 17.0 Å². The number of esters is 1. The van der Waals surface area contributed by atoms with Gasteiger partial charge in [-0.1, -0.05) is 29.8 Å². The summed E-state index contributed by atoms with van der Waals surface area (Å²) in [4.78, 5) is 26.9. The predicted octanol–water partition coefficient (Wildman–Crippen LogP) is 4.56. The average molecular weight is 411 g/mol. The quantitative estimate of drug-likeness (QED) is 0.605. The zero-order valence-corrected chi connectivity index (χ0v) is 15.0. The molecule has 0 bridgehead atoms. The molecule has 3 rings (SSSR count). The van der Waals surface area contributed by atoms with Crippen molar-refractivity contribution in [3.63, 3.8) is 0 Å². The first kappa shape index (κ1) is 19.8. The van der Waals surface area contributed by atoms with Crippen LogP contribution >= 0.6 is 11.6 Å². The van der Waals surface area contributed by atoms with Crippen LogP contribution in [-0.2, 0) is 26.9 Å². The number of hydrogen-bond donors (Lipinski definition) is 2. The number of aromatic amines is 1. The van der Waals surface area contributed by atoms with Gasteiger partial charge in [0.25, 0.3) is 5.91 Å². The van der Waals surface area contributed by atoms with Gasteiger partial charge < -0.3 is 15.0 Å². The zero-order chi connectivity index (χ0) is 20.3. The molecule has 2 N–H and O–H groups in total. The third-order valence-electron chi connectivity index (χ3n) is 3.94. The van der Waals surface area contributed by atoms with Crippen LogP contribution < -0.4 is 5.32 Å². The Morgan fingerprint density at radius 1 is 1.14 bits per heavy atom. The molecule has 5 nitrogen and oxygen atoms in total. The molecule has 0 aliphatic rings. The van der Waals surface area contributed by atoms with Crippen LogP contribution in [0.25, 0.3) is 10.9 Å². The summed E-state index contributed by atoms with van der Waals surface area (Å²) in [5, 5.41) is 2.82. The third kappa shape index (κ3) is 4.64. The highest BCUT2D eigenvalue weighted by Crippen LogP contribution is 2.36. The maximum atomic E-state index is 13.0. The highest BCUT2D eigenvalue weighted by atomic mass is 35.5. The lowest BCUT2D eigenvalue weighted by Gasteiger charge is -2.14. The van der Waals surface area contributed by atoms with Gasteiger partial charge in [-0.3, -0.25) is 9.59 Å². The van der Waals surface area contributed by atoms with Gasteiger partial charge in [-0.2, -0.15) is 13.2 Å². The number of amides is 1. The maximum Gasteiger partial charge on any atom is 0.418 e. The van der Waals surface area contributed by atoms with E-state index in [-0.39, 0.29) is 11.4 Å². The molecule has 2 aromatic carbocycles. The van der Waals surface area contributed by atoms with Crippen LogP contribution in [0.4, 0.5) is 18.9 Å². The molecule has 9 heteroatoms. The fourth-order valence-electron chi connectivity index (χ4n) is 2.68. The molecule has 0 spiro atoms. The van der Waals surface area contributed by atoms with Crippen molar-refractivity contribution in [3.8, 4) is 0 Å². The fraction of sp³-hybridized carbons (Fsp3) is 0.158. The fourth-order valence-corrected chi connectivity index (χ4v) is 2.85. The lowest BCUT2D eigenvalue weighted by molar-refractivity contribution is -0.146. The van der Waals surface area contributed by atoms with E-state index in [1.807, 2.05) is 24.3 Å². The van der Waals surface area contributed by atoms with Crippen LogP contribution in [0.3, 0.4) is 0 Å². The van der Waals surface area contributed by atoms with Crippen molar-refractivity contribution in [3.05, 3.63) is 64.8 Å². The minimum Gasteiger partial charge on any atom is -0.455 e. The second-order valence-electron chi connectivity index (χ2n) is 5.93. The van der Waals surface area contributed by atoms with Gasteiger partial charge in [0, 0.05) is 22.1 Å². The smallest absolute Gasteiger partial charge is 0.418 e. The van der Waals surface area contributed by atoms with Crippen molar-refractivity contribution in [2.75, 3.05) is 11.9 Å². The molecule has 0 saturated heterocycles. The van der Waals surface area contributed by atoms with Crippen LogP contribution in [0.5, 0.6) is 0 Å². The van der Waals surface area contributed by atoms with Crippen LogP contribution in [0.2, 0.25) is 5.02 Å². The Morgan fingerprint density at radius 2 is 1.89 bits per heavy atom. The van der Waals surface area contributed by atoms with E-state index in [2.05, 4.69) is 10.3 Å². The maximum absolute atomic E-state index is 13.0. The van der Waals surface area contributed by atoms with Crippen molar-refractivity contribution >= 4 is 40.1 Å². The van der Waals surface area contributed by atoms with E-state index in [4.69, 9.17) is 16.3 Å².